The van der Waals surface area contributed by atoms with E-state index in [4.69, 9.17) is 17.0 Å². The summed E-state index contributed by atoms with van der Waals surface area (Å²) < 4.78 is 5.39. The summed E-state index contributed by atoms with van der Waals surface area (Å²) in [7, 11) is 0. The highest BCUT2D eigenvalue weighted by Gasteiger charge is 2.11. The standard InChI is InChI=1S/C17H17N3O4S/c1-11-4-3-5-14(8-11)24-10-16(21)19-17(25)18-15-9-13(20(22)23)7-6-12(15)2/h3-9H,10H2,1-2H3,(H2,18,19,21,25). The predicted molar refractivity (Wildman–Crippen MR) is 98.9 cm³/mol. The van der Waals surface area contributed by atoms with E-state index in [9.17, 15) is 14.9 Å². The number of anilines is 1. The molecule has 0 atom stereocenters. The van der Waals surface area contributed by atoms with Gasteiger partial charge in [-0.3, -0.25) is 20.2 Å². The topological polar surface area (TPSA) is 93.5 Å². The molecule has 0 bridgehead atoms. The first-order valence-corrected chi connectivity index (χ1v) is 7.81. The fourth-order valence-electron chi connectivity index (χ4n) is 2.03. The Balaban J connectivity index is 1.90. The average Bonchev–Trinajstić information content (AvgIpc) is 2.55. The van der Waals surface area contributed by atoms with Crippen LogP contribution in [0.15, 0.2) is 42.5 Å². The highest BCUT2D eigenvalue weighted by Crippen LogP contribution is 2.21. The predicted octanol–water partition coefficient (Wildman–Crippen LogP) is 3.10. The molecule has 0 unspecified atom stereocenters. The lowest BCUT2D eigenvalue weighted by Gasteiger charge is -2.12. The number of aryl methyl sites for hydroxylation is 2. The smallest absolute Gasteiger partial charge is 0.271 e. The summed E-state index contributed by atoms with van der Waals surface area (Å²) in [6.45, 7) is 3.50. The Bertz CT molecular complexity index is 823. The molecule has 0 radical (unpaired) electrons. The fourth-order valence-corrected chi connectivity index (χ4v) is 2.25. The van der Waals surface area contributed by atoms with E-state index in [1.165, 1.54) is 12.1 Å². The number of amides is 1. The van der Waals surface area contributed by atoms with Gasteiger partial charge >= 0.3 is 0 Å². The first-order chi connectivity index (χ1) is 11.8. The molecule has 0 saturated heterocycles. The van der Waals surface area contributed by atoms with Crippen LogP contribution in [0.4, 0.5) is 11.4 Å². The molecule has 7 nitrogen and oxygen atoms in total. The lowest BCUT2D eigenvalue weighted by atomic mass is 10.2. The van der Waals surface area contributed by atoms with Gasteiger partial charge in [0.05, 0.1) is 4.92 Å². The third-order valence-electron chi connectivity index (χ3n) is 3.29. The highest BCUT2D eigenvalue weighted by molar-refractivity contribution is 7.80. The minimum atomic E-state index is -0.498. The largest absolute Gasteiger partial charge is 0.484 e. The van der Waals surface area contributed by atoms with Gasteiger partial charge in [0, 0.05) is 17.8 Å². The van der Waals surface area contributed by atoms with Crippen LogP contribution in [-0.2, 0) is 4.79 Å². The minimum Gasteiger partial charge on any atom is -0.484 e. The molecule has 2 aromatic carbocycles. The highest BCUT2D eigenvalue weighted by atomic mass is 32.1. The number of thiocarbonyl (C=S) groups is 1. The normalized spacial score (nSPS) is 10.0. The van der Waals surface area contributed by atoms with Gasteiger partial charge in [0.25, 0.3) is 11.6 Å². The molecule has 2 aromatic rings. The van der Waals surface area contributed by atoms with E-state index in [0.29, 0.717) is 11.4 Å². The van der Waals surface area contributed by atoms with E-state index < -0.39 is 10.8 Å². The van der Waals surface area contributed by atoms with Gasteiger partial charge in [-0.2, -0.15) is 0 Å². The molecule has 25 heavy (non-hydrogen) atoms. The van der Waals surface area contributed by atoms with E-state index in [2.05, 4.69) is 10.6 Å². The zero-order valence-corrected chi connectivity index (χ0v) is 14.6. The number of nitro benzene ring substituents is 1. The van der Waals surface area contributed by atoms with E-state index in [1.807, 2.05) is 25.1 Å². The molecule has 130 valence electrons. The summed E-state index contributed by atoms with van der Waals surface area (Å²) in [6, 6.07) is 11.7. The Morgan fingerprint density at radius 2 is 2.00 bits per heavy atom. The number of nitrogens with zero attached hydrogens (tertiary/aromatic N) is 1. The van der Waals surface area contributed by atoms with Gasteiger partial charge in [-0.1, -0.05) is 18.2 Å². The van der Waals surface area contributed by atoms with Crippen molar-refractivity contribution in [2.75, 3.05) is 11.9 Å². The van der Waals surface area contributed by atoms with Crippen LogP contribution < -0.4 is 15.4 Å². The van der Waals surface area contributed by atoms with Crippen molar-refractivity contribution in [3.63, 3.8) is 0 Å². The van der Waals surface area contributed by atoms with Gasteiger partial charge in [-0.15, -0.1) is 0 Å². The van der Waals surface area contributed by atoms with Crippen LogP contribution in [0, 0.1) is 24.0 Å². The lowest BCUT2D eigenvalue weighted by molar-refractivity contribution is -0.384. The molecule has 0 aliphatic carbocycles. The van der Waals surface area contributed by atoms with E-state index in [1.54, 1.807) is 19.1 Å². The Morgan fingerprint density at radius 3 is 2.68 bits per heavy atom. The molecule has 0 spiro atoms. The van der Waals surface area contributed by atoms with Gasteiger partial charge in [0.2, 0.25) is 0 Å². The third kappa shape index (κ3) is 5.54. The summed E-state index contributed by atoms with van der Waals surface area (Å²) in [4.78, 5) is 22.2. The first-order valence-electron chi connectivity index (χ1n) is 7.40. The zero-order chi connectivity index (χ0) is 18.4. The van der Waals surface area contributed by atoms with Crippen molar-refractivity contribution in [3.8, 4) is 5.75 Å². The van der Waals surface area contributed by atoms with Crippen LogP contribution in [0.2, 0.25) is 0 Å². The van der Waals surface area contributed by atoms with Gasteiger partial charge in [-0.05, 0) is 49.3 Å². The number of carbonyl (C=O) groups is 1. The quantitative estimate of drug-likeness (QED) is 0.484. The molecule has 0 saturated carbocycles. The maximum absolute atomic E-state index is 11.9. The number of benzene rings is 2. The van der Waals surface area contributed by atoms with Crippen molar-refractivity contribution >= 4 is 34.6 Å². The second-order valence-corrected chi connectivity index (χ2v) is 5.77. The fraction of sp³-hybridized carbons (Fsp3) is 0.176. The molecule has 0 fully saturated rings. The Morgan fingerprint density at radius 1 is 1.24 bits per heavy atom. The van der Waals surface area contributed by atoms with Gasteiger partial charge in [0.15, 0.2) is 11.7 Å². The van der Waals surface area contributed by atoms with Crippen LogP contribution in [0.5, 0.6) is 5.75 Å². The molecule has 1 amide bonds. The Kier molecular flexibility index (Phi) is 6.02. The van der Waals surface area contributed by atoms with Crippen molar-refractivity contribution < 1.29 is 14.5 Å². The van der Waals surface area contributed by atoms with E-state index in [-0.39, 0.29) is 17.4 Å². The van der Waals surface area contributed by atoms with Gasteiger partial charge in [-0.25, -0.2) is 0 Å². The third-order valence-corrected chi connectivity index (χ3v) is 3.50. The number of non-ortho nitro benzene ring substituents is 1. The molecule has 0 aliphatic rings. The summed E-state index contributed by atoms with van der Waals surface area (Å²) in [5, 5.41) is 16.1. The number of hydrogen-bond donors (Lipinski definition) is 2. The molecule has 2 rings (SSSR count). The monoisotopic (exact) mass is 359 g/mol. The molecule has 0 heterocycles. The first kappa shape index (κ1) is 18.3. The van der Waals surface area contributed by atoms with Crippen LogP contribution in [0.1, 0.15) is 11.1 Å². The van der Waals surface area contributed by atoms with Crippen molar-refractivity contribution in [2.45, 2.75) is 13.8 Å². The average molecular weight is 359 g/mol. The van der Waals surface area contributed by atoms with E-state index >= 15 is 0 Å². The SMILES string of the molecule is Cc1cccc(OCC(=O)NC(=S)Nc2cc([N+](=O)[O-])ccc2C)c1. The number of nitrogens with one attached hydrogen (secondary N) is 2. The van der Waals surface area contributed by atoms with Gasteiger partial charge in [0.1, 0.15) is 5.75 Å². The van der Waals surface area contributed by atoms with Crippen LogP contribution >= 0.6 is 12.2 Å². The zero-order valence-electron chi connectivity index (χ0n) is 13.7. The molecule has 8 heteroatoms. The molecular weight excluding hydrogens is 342 g/mol. The summed E-state index contributed by atoms with van der Waals surface area (Å²) in [5.41, 5.74) is 2.18. The van der Waals surface area contributed by atoms with Crippen LogP contribution in [0.25, 0.3) is 0 Å². The summed E-state index contributed by atoms with van der Waals surface area (Å²) >= 11 is 5.06. The Labute approximate surface area is 150 Å². The van der Waals surface area contributed by atoms with E-state index in [0.717, 1.165) is 11.1 Å². The minimum absolute atomic E-state index is 0.0430. The maximum Gasteiger partial charge on any atom is 0.271 e. The van der Waals surface area contributed by atoms with Crippen molar-refractivity contribution in [1.82, 2.24) is 5.32 Å². The second-order valence-electron chi connectivity index (χ2n) is 5.36. The van der Waals surface area contributed by atoms with Gasteiger partial charge < -0.3 is 10.1 Å². The number of rotatable bonds is 5. The number of carbonyl (C=O) groups excluding carboxylic acids is 1. The lowest BCUT2D eigenvalue weighted by Crippen LogP contribution is -2.37. The Hall–Kier alpha value is -3.00. The van der Waals surface area contributed by atoms with Crippen LogP contribution in [-0.4, -0.2) is 22.5 Å². The molecular formula is C17H17N3O4S. The maximum atomic E-state index is 11.9. The second kappa shape index (κ2) is 8.20. The summed E-state index contributed by atoms with van der Waals surface area (Å²) in [5.74, 6) is 0.158. The molecule has 2 N–H and O–H groups in total. The number of hydrogen-bond acceptors (Lipinski definition) is 5. The van der Waals surface area contributed by atoms with Crippen molar-refractivity contribution in [2.24, 2.45) is 0 Å². The number of ether oxygens (including phenoxy) is 1. The van der Waals surface area contributed by atoms with Crippen molar-refractivity contribution in [1.29, 1.82) is 0 Å². The van der Waals surface area contributed by atoms with Crippen molar-refractivity contribution in [3.05, 3.63) is 63.7 Å². The number of nitro groups is 1. The molecule has 0 aliphatic heterocycles. The molecule has 0 aromatic heterocycles. The summed E-state index contributed by atoms with van der Waals surface area (Å²) in [6.07, 6.45) is 0. The van der Waals surface area contributed by atoms with Crippen LogP contribution in [0.3, 0.4) is 0 Å².